The van der Waals surface area contributed by atoms with E-state index in [9.17, 15) is 23.9 Å². The first kappa shape index (κ1) is 23.4. The maximum absolute atomic E-state index is 15.1. The number of aryl methyl sites for hydroxylation is 1. The molecule has 0 saturated heterocycles. The minimum Gasteiger partial charge on any atom is -0.496 e. The van der Waals surface area contributed by atoms with Crippen molar-refractivity contribution in [3.63, 3.8) is 0 Å². The van der Waals surface area contributed by atoms with Crippen molar-refractivity contribution in [2.24, 2.45) is 0 Å². The summed E-state index contributed by atoms with van der Waals surface area (Å²) in [7, 11) is 1.39. The van der Waals surface area contributed by atoms with Gasteiger partial charge in [0.05, 0.1) is 30.3 Å². The van der Waals surface area contributed by atoms with Gasteiger partial charge in [0, 0.05) is 6.07 Å². The van der Waals surface area contributed by atoms with Crippen LogP contribution in [-0.2, 0) is 24.2 Å². The highest BCUT2D eigenvalue weighted by atomic mass is 32.1. The molecule has 0 bridgehead atoms. The lowest BCUT2D eigenvalue weighted by molar-refractivity contribution is -0.117. The van der Waals surface area contributed by atoms with Crippen LogP contribution in [0.4, 0.5) is 14.5 Å². The molecule has 0 aliphatic carbocycles. The molecule has 0 radical (unpaired) electrons. The number of methoxy groups -OCH3 is 1. The van der Waals surface area contributed by atoms with Crippen LogP contribution < -0.4 is 14.4 Å². The SMILES string of the molecule is CCc1cc(F)c(N2C(=O)Cc3csc(C(=O)O)c3C2=O)cc1OCc1c(F)cccc1OC. The number of carbonyl (C=O) groups excluding carboxylic acids is 2. The van der Waals surface area contributed by atoms with Crippen molar-refractivity contribution in [3.8, 4) is 11.5 Å². The molecule has 176 valence electrons. The van der Waals surface area contributed by atoms with E-state index in [0.29, 0.717) is 22.4 Å². The third kappa shape index (κ3) is 4.01. The lowest BCUT2D eigenvalue weighted by Crippen LogP contribution is -2.43. The highest BCUT2D eigenvalue weighted by Gasteiger charge is 2.38. The van der Waals surface area contributed by atoms with Crippen molar-refractivity contribution < 1.29 is 37.7 Å². The van der Waals surface area contributed by atoms with E-state index in [1.165, 1.54) is 30.7 Å². The van der Waals surface area contributed by atoms with Gasteiger partial charge in [0.25, 0.3) is 5.91 Å². The van der Waals surface area contributed by atoms with E-state index in [2.05, 4.69) is 0 Å². The third-order valence-electron chi connectivity index (χ3n) is 5.49. The summed E-state index contributed by atoms with van der Waals surface area (Å²) < 4.78 is 40.3. The van der Waals surface area contributed by atoms with Crippen molar-refractivity contribution in [1.29, 1.82) is 0 Å². The maximum Gasteiger partial charge on any atom is 0.346 e. The van der Waals surface area contributed by atoms with Crippen LogP contribution in [0.1, 0.15) is 43.6 Å². The summed E-state index contributed by atoms with van der Waals surface area (Å²) in [6, 6.07) is 6.66. The normalized spacial score (nSPS) is 13.1. The number of imide groups is 1. The summed E-state index contributed by atoms with van der Waals surface area (Å²) in [5.41, 5.74) is 0.390. The first-order valence-corrected chi connectivity index (χ1v) is 11.1. The monoisotopic (exact) mass is 487 g/mol. The van der Waals surface area contributed by atoms with Crippen molar-refractivity contribution in [3.05, 3.63) is 74.5 Å². The molecule has 34 heavy (non-hydrogen) atoms. The summed E-state index contributed by atoms with van der Waals surface area (Å²) in [5.74, 6) is -3.89. The van der Waals surface area contributed by atoms with Gasteiger partial charge < -0.3 is 14.6 Å². The molecule has 0 unspecified atom stereocenters. The molecule has 3 aromatic rings. The van der Waals surface area contributed by atoms with Crippen molar-refractivity contribution in [2.75, 3.05) is 12.0 Å². The van der Waals surface area contributed by atoms with E-state index >= 15 is 4.39 Å². The van der Waals surface area contributed by atoms with Gasteiger partial charge in [0.15, 0.2) is 0 Å². The standard InChI is InChI=1S/C24H19F2NO6S/c1-3-12-7-16(26)17(9-19(12)33-10-14-15(25)5-4-6-18(14)32-2)27-20(28)8-13-11-34-22(24(30)31)21(13)23(27)29/h4-7,9,11H,3,8,10H2,1-2H3,(H,30,31). The van der Waals surface area contributed by atoms with Crippen molar-refractivity contribution in [1.82, 2.24) is 0 Å². The second kappa shape index (κ2) is 9.22. The Morgan fingerprint density at radius 3 is 2.62 bits per heavy atom. The predicted octanol–water partition coefficient (Wildman–Crippen LogP) is 4.60. The van der Waals surface area contributed by atoms with E-state index in [0.717, 1.165) is 17.4 Å². The molecular weight excluding hydrogens is 468 g/mol. The zero-order chi connectivity index (χ0) is 24.6. The van der Waals surface area contributed by atoms with Crippen LogP contribution in [0.2, 0.25) is 0 Å². The number of amides is 2. The van der Waals surface area contributed by atoms with Crippen LogP contribution >= 0.6 is 11.3 Å². The fourth-order valence-electron chi connectivity index (χ4n) is 3.81. The molecule has 4 rings (SSSR count). The van der Waals surface area contributed by atoms with E-state index in [-0.39, 0.29) is 46.2 Å². The molecule has 0 saturated carbocycles. The van der Waals surface area contributed by atoms with Crippen molar-refractivity contribution >= 4 is 34.8 Å². The lowest BCUT2D eigenvalue weighted by Gasteiger charge is -2.27. The summed E-state index contributed by atoms with van der Waals surface area (Å²) in [5, 5.41) is 10.8. The average molecular weight is 487 g/mol. The number of rotatable bonds is 7. The number of ether oxygens (including phenoxy) is 2. The molecule has 2 amide bonds. The molecule has 1 N–H and O–H groups in total. The minimum atomic E-state index is -1.31. The van der Waals surface area contributed by atoms with Gasteiger partial charge in [0.2, 0.25) is 5.91 Å². The highest BCUT2D eigenvalue weighted by molar-refractivity contribution is 7.12. The Balaban J connectivity index is 1.73. The number of nitrogens with zero attached hydrogens (tertiary/aromatic N) is 1. The molecule has 7 nitrogen and oxygen atoms in total. The zero-order valence-corrected chi connectivity index (χ0v) is 19.0. The van der Waals surface area contributed by atoms with Gasteiger partial charge in [-0.3, -0.25) is 9.59 Å². The number of fused-ring (bicyclic) bond motifs is 1. The van der Waals surface area contributed by atoms with Gasteiger partial charge in [-0.1, -0.05) is 13.0 Å². The van der Waals surface area contributed by atoms with Crippen LogP contribution in [0.5, 0.6) is 11.5 Å². The first-order chi connectivity index (χ1) is 16.3. The number of halogens is 2. The van der Waals surface area contributed by atoms with Crippen LogP contribution in [-0.4, -0.2) is 30.0 Å². The summed E-state index contributed by atoms with van der Waals surface area (Å²) in [6.45, 7) is 1.52. The summed E-state index contributed by atoms with van der Waals surface area (Å²) in [6.07, 6.45) is 0.114. The Kier molecular flexibility index (Phi) is 6.34. The average Bonchev–Trinajstić information content (AvgIpc) is 3.23. The van der Waals surface area contributed by atoms with E-state index in [4.69, 9.17) is 9.47 Å². The highest BCUT2D eigenvalue weighted by Crippen LogP contribution is 2.36. The second-order valence-electron chi connectivity index (χ2n) is 7.46. The Labute approximate surface area is 197 Å². The van der Waals surface area contributed by atoms with E-state index in [1.807, 2.05) is 0 Å². The van der Waals surface area contributed by atoms with Gasteiger partial charge in [-0.05, 0) is 41.1 Å². The third-order valence-corrected chi connectivity index (χ3v) is 6.51. The Hall–Kier alpha value is -3.79. The fourth-order valence-corrected chi connectivity index (χ4v) is 4.71. The Morgan fingerprint density at radius 1 is 1.18 bits per heavy atom. The molecule has 1 aromatic heterocycles. The molecule has 0 atom stereocenters. The van der Waals surface area contributed by atoms with Crippen LogP contribution in [0.15, 0.2) is 35.7 Å². The second-order valence-corrected chi connectivity index (χ2v) is 8.34. The lowest BCUT2D eigenvalue weighted by atomic mass is 10.00. The van der Waals surface area contributed by atoms with Crippen LogP contribution in [0, 0.1) is 11.6 Å². The molecule has 2 heterocycles. The maximum atomic E-state index is 15.1. The van der Waals surface area contributed by atoms with Gasteiger partial charge in [-0.25, -0.2) is 18.5 Å². The van der Waals surface area contributed by atoms with E-state index in [1.54, 1.807) is 13.0 Å². The number of hydrogen-bond acceptors (Lipinski definition) is 6. The number of aromatic carboxylic acids is 1. The molecular formula is C24H19F2NO6S. The van der Waals surface area contributed by atoms with Crippen molar-refractivity contribution in [2.45, 2.75) is 26.4 Å². The zero-order valence-electron chi connectivity index (χ0n) is 18.2. The molecule has 0 spiro atoms. The number of hydrogen-bond donors (Lipinski definition) is 1. The largest absolute Gasteiger partial charge is 0.496 e. The van der Waals surface area contributed by atoms with Crippen LogP contribution in [0.25, 0.3) is 0 Å². The van der Waals surface area contributed by atoms with Gasteiger partial charge in [-0.2, -0.15) is 0 Å². The first-order valence-electron chi connectivity index (χ1n) is 10.2. The molecule has 1 aliphatic heterocycles. The Morgan fingerprint density at radius 2 is 1.94 bits per heavy atom. The predicted molar refractivity (Wildman–Crippen MR) is 120 cm³/mol. The number of carboxylic acid groups (broad SMARTS) is 1. The van der Waals surface area contributed by atoms with Crippen LogP contribution in [0.3, 0.4) is 0 Å². The molecule has 1 aliphatic rings. The number of thiophene rings is 1. The van der Waals surface area contributed by atoms with E-state index < -0.39 is 29.4 Å². The van der Waals surface area contributed by atoms with Gasteiger partial charge in [-0.15, -0.1) is 11.3 Å². The summed E-state index contributed by atoms with van der Waals surface area (Å²) >= 11 is 0.835. The number of carbonyl (C=O) groups is 3. The number of anilines is 1. The number of carboxylic acids is 1. The topological polar surface area (TPSA) is 93.1 Å². The summed E-state index contributed by atoms with van der Waals surface area (Å²) in [4.78, 5) is 37.8. The fraction of sp³-hybridized carbons (Fsp3) is 0.208. The van der Waals surface area contributed by atoms with Gasteiger partial charge in [0.1, 0.15) is 34.6 Å². The Bertz CT molecular complexity index is 1320. The minimum absolute atomic E-state index is 0.130. The van der Waals surface area contributed by atoms with Gasteiger partial charge >= 0.3 is 5.97 Å². The quantitative estimate of drug-likeness (QED) is 0.490. The molecule has 0 fully saturated rings. The smallest absolute Gasteiger partial charge is 0.346 e. The number of benzene rings is 2. The molecule has 2 aromatic carbocycles. The molecule has 10 heteroatoms.